The lowest BCUT2D eigenvalue weighted by atomic mass is 10.2. The maximum absolute atomic E-state index is 13.6. The molecule has 3 aliphatic rings. The number of nitrogens with zero attached hydrogens (tertiary/aromatic N) is 8. The summed E-state index contributed by atoms with van der Waals surface area (Å²) in [5.74, 6) is 0.522. The molecule has 12 nitrogen and oxygen atoms in total. The average Bonchev–Trinajstić information content (AvgIpc) is 3.55. The SMILES string of the molecule is C1CCNC1.CC.Nc1ncc(-c2nc(N3CCOCC3)nc(N3CCN(C=O)CC3)n2)c(C(F)F)n1. The Bertz CT molecular complexity index is 974. The van der Waals surface area contributed by atoms with Gasteiger partial charge in [-0.15, -0.1) is 0 Å². The molecule has 0 atom stereocenters. The topological polar surface area (TPSA) is 139 Å². The number of carbonyl (C=O) groups is 1. The molecule has 5 heterocycles. The number of hydrogen-bond acceptors (Lipinski definition) is 11. The van der Waals surface area contributed by atoms with Crippen LogP contribution in [0.2, 0.25) is 0 Å². The zero-order chi connectivity index (χ0) is 26.6. The molecule has 1 amide bonds. The second-order valence-electron chi connectivity index (χ2n) is 8.27. The number of amides is 1. The highest BCUT2D eigenvalue weighted by Crippen LogP contribution is 2.29. The van der Waals surface area contributed by atoms with Gasteiger partial charge in [0.05, 0.1) is 18.8 Å². The number of morpholine rings is 1. The van der Waals surface area contributed by atoms with Gasteiger partial charge < -0.3 is 30.5 Å². The number of aromatic nitrogens is 5. The molecule has 2 aromatic rings. The van der Waals surface area contributed by atoms with Gasteiger partial charge in [-0.3, -0.25) is 4.79 Å². The lowest BCUT2D eigenvalue weighted by molar-refractivity contribution is -0.118. The number of nitrogen functional groups attached to an aromatic ring is 1. The van der Waals surface area contributed by atoms with Gasteiger partial charge in [0, 0.05) is 45.5 Å². The van der Waals surface area contributed by atoms with Crippen LogP contribution in [0.1, 0.15) is 38.8 Å². The summed E-state index contributed by atoms with van der Waals surface area (Å²) in [5, 5.41) is 3.22. The van der Waals surface area contributed by atoms with Crippen molar-refractivity contribution in [3.8, 4) is 11.4 Å². The summed E-state index contributed by atoms with van der Waals surface area (Å²) >= 11 is 0. The van der Waals surface area contributed by atoms with Gasteiger partial charge in [-0.05, 0) is 25.9 Å². The van der Waals surface area contributed by atoms with Crippen LogP contribution in [0.3, 0.4) is 0 Å². The number of alkyl halides is 2. The number of halogens is 2. The van der Waals surface area contributed by atoms with E-state index in [0.717, 1.165) is 6.41 Å². The Morgan fingerprint density at radius 2 is 1.54 bits per heavy atom. The molecule has 37 heavy (non-hydrogen) atoms. The molecular weight excluding hydrogens is 486 g/mol. The van der Waals surface area contributed by atoms with Crippen molar-refractivity contribution in [2.75, 3.05) is 81.1 Å². The molecule has 0 spiro atoms. The molecule has 3 N–H and O–H groups in total. The first-order chi connectivity index (χ1) is 18.0. The summed E-state index contributed by atoms with van der Waals surface area (Å²) in [5.41, 5.74) is 4.97. The van der Waals surface area contributed by atoms with Crippen molar-refractivity contribution >= 4 is 24.3 Å². The summed E-state index contributed by atoms with van der Waals surface area (Å²) in [4.78, 5) is 37.4. The van der Waals surface area contributed by atoms with E-state index in [0.29, 0.717) is 64.4 Å². The zero-order valence-electron chi connectivity index (χ0n) is 21.4. The van der Waals surface area contributed by atoms with E-state index in [1.54, 1.807) is 4.90 Å². The van der Waals surface area contributed by atoms with Gasteiger partial charge in [-0.2, -0.15) is 15.0 Å². The fourth-order valence-electron chi connectivity index (χ4n) is 3.92. The lowest BCUT2D eigenvalue weighted by Crippen LogP contribution is -2.46. The van der Waals surface area contributed by atoms with Crippen LogP contribution in [0.25, 0.3) is 11.4 Å². The van der Waals surface area contributed by atoms with E-state index in [9.17, 15) is 13.6 Å². The van der Waals surface area contributed by atoms with Gasteiger partial charge in [0.1, 0.15) is 5.69 Å². The fraction of sp³-hybridized carbons (Fsp3) is 0.652. The van der Waals surface area contributed by atoms with Crippen LogP contribution in [-0.2, 0) is 9.53 Å². The van der Waals surface area contributed by atoms with Gasteiger partial charge in [0.2, 0.25) is 24.3 Å². The molecule has 0 unspecified atom stereocenters. The second kappa shape index (κ2) is 14.5. The van der Waals surface area contributed by atoms with Crippen molar-refractivity contribution in [1.29, 1.82) is 0 Å². The minimum absolute atomic E-state index is 0.00360. The van der Waals surface area contributed by atoms with E-state index in [1.807, 2.05) is 23.6 Å². The third-order valence-electron chi connectivity index (χ3n) is 5.89. The number of rotatable bonds is 5. The summed E-state index contributed by atoms with van der Waals surface area (Å²) in [6.07, 6.45) is 1.92. The number of nitrogens with two attached hydrogens (primary N) is 1. The Morgan fingerprint density at radius 1 is 0.946 bits per heavy atom. The monoisotopic (exact) mass is 522 g/mol. The van der Waals surface area contributed by atoms with Gasteiger partial charge in [0.25, 0.3) is 6.43 Å². The molecule has 14 heteroatoms. The third-order valence-corrected chi connectivity index (χ3v) is 5.89. The quantitative estimate of drug-likeness (QED) is 0.550. The smallest absolute Gasteiger partial charge is 0.281 e. The van der Waals surface area contributed by atoms with Crippen molar-refractivity contribution < 1.29 is 18.3 Å². The van der Waals surface area contributed by atoms with Crippen molar-refractivity contribution in [3.05, 3.63) is 11.9 Å². The number of piperazine rings is 1. The maximum atomic E-state index is 13.6. The number of carbonyl (C=O) groups excluding carboxylic acids is 1. The molecule has 0 aliphatic carbocycles. The normalized spacial score (nSPS) is 17.6. The Morgan fingerprint density at radius 3 is 2.05 bits per heavy atom. The average molecular weight is 523 g/mol. The van der Waals surface area contributed by atoms with Crippen molar-refractivity contribution in [2.24, 2.45) is 0 Å². The first-order valence-electron chi connectivity index (χ1n) is 12.7. The summed E-state index contributed by atoms with van der Waals surface area (Å²) in [6, 6.07) is 0. The van der Waals surface area contributed by atoms with Crippen LogP contribution in [0.15, 0.2) is 6.20 Å². The third kappa shape index (κ3) is 7.86. The maximum Gasteiger partial charge on any atom is 0.281 e. The molecule has 0 bridgehead atoms. The predicted molar refractivity (Wildman–Crippen MR) is 137 cm³/mol. The Hall–Kier alpha value is -3.26. The van der Waals surface area contributed by atoms with E-state index in [2.05, 4.69) is 30.2 Å². The molecule has 0 aromatic carbocycles. The number of hydrogen-bond donors (Lipinski definition) is 2. The minimum Gasteiger partial charge on any atom is -0.378 e. The molecule has 0 radical (unpaired) electrons. The van der Waals surface area contributed by atoms with Crippen LogP contribution in [0, 0.1) is 0 Å². The molecule has 2 aromatic heterocycles. The van der Waals surface area contributed by atoms with E-state index < -0.39 is 12.1 Å². The van der Waals surface area contributed by atoms with Gasteiger partial charge >= 0.3 is 0 Å². The van der Waals surface area contributed by atoms with Crippen molar-refractivity contribution in [1.82, 2.24) is 35.1 Å². The Balaban J connectivity index is 0.000000478. The van der Waals surface area contributed by atoms with E-state index in [1.165, 1.54) is 32.1 Å². The van der Waals surface area contributed by atoms with E-state index in [4.69, 9.17) is 10.5 Å². The van der Waals surface area contributed by atoms with Gasteiger partial charge in [-0.25, -0.2) is 18.7 Å². The number of ether oxygens (including phenoxy) is 1. The lowest BCUT2D eigenvalue weighted by Gasteiger charge is -2.33. The summed E-state index contributed by atoms with van der Waals surface area (Å²) in [7, 11) is 0. The fourth-order valence-corrected chi connectivity index (χ4v) is 3.92. The highest BCUT2D eigenvalue weighted by Gasteiger charge is 2.25. The highest BCUT2D eigenvalue weighted by molar-refractivity contribution is 5.61. The molecule has 5 rings (SSSR count). The van der Waals surface area contributed by atoms with Crippen LogP contribution < -0.4 is 20.9 Å². The van der Waals surface area contributed by atoms with Crippen molar-refractivity contribution in [3.63, 3.8) is 0 Å². The number of nitrogens with one attached hydrogen (secondary N) is 1. The molecule has 3 saturated heterocycles. The second-order valence-corrected chi connectivity index (χ2v) is 8.27. The predicted octanol–water partition coefficient (Wildman–Crippen LogP) is 1.36. The van der Waals surface area contributed by atoms with Crippen LogP contribution in [-0.4, -0.2) is 102 Å². The Labute approximate surface area is 215 Å². The van der Waals surface area contributed by atoms with Crippen LogP contribution in [0.4, 0.5) is 26.6 Å². The number of anilines is 3. The molecule has 3 fully saturated rings. The van der Waals surface area contributed by atoms with Gasteiger partial charge in [-0.1, -0.05) is 13.8 Å². The van der Waals surface area contributed by atoms with Crippen LogP contribution in [0.5, 0.6) is 0 Å². The van der Waals surface area contributed by atoms with Crippen molar-refractivity contribution in [2.45, 2.75) is 33.1 Å². The van der Waals surface area contributed by atoms with Gasteiger partial charge in [0.15, 0.2) is 5.82 Å². The van der Waals surface area contributed by atoms with Crippen LogP contribution >= 0.6 is 0 Å². The Kier molecular flexibility index (Phi) is 11.1. The molecule has 3 aliphatic heterocycles. The highest BCUT2D eigenvalue weighted by atomic mass is 19.3. The standard InChI is InChI=1S/C17H21F2N9O2.C4H9N.C2H6/c18-13(19)12-11(9-21-15(20)22-12)14-23-16(27-3-1-26(10-29)2-4-27)25-17(24-14)28-5-7-30-8-6-28;1-2-4-5-3-1;1-2/h9-10,13H,1-8H2,(H2,20,21,22);5H,1-4H2;1-2H3. The van der Waals surface area contributed by atoms with E-state index >= 15 is 0 Å². The largest absolute Gasteiger partial charge is 0.378 e. The first kappa shape index (κ1) is 28.3. The first-order valence-corrected chi connectivity index (χ1v) is 12.7. The summed E-state index contributed by atoms with van der Waals surface area (Å²) in [6.45, 7) is 10.7. The minimum atomic E-state index is -2.87. The summed E-state index contributed by atoms with van der Waals surface area (Å²) < 4.78 is 32.6. The zero-order valence-corrected chi connectivity index (χ0v) is 21.4. The molecule has 204 valence electrons. The molecule has 0 saturated carbocycles. The van der Waals surface area contributed by atoms with E-state index in [-0.39, 0.29) is 17.3 Å². The molecular formula is C23H36F2N10O2.